The van der Waals surface area contributed by atoms with Crippen molar-refractivity contribution in [2.75, 3.05) is 5.73 Å². The van der Waals surface area contributed by atoms with Crippen LogP contribution in [0.15, 0.2) is 30.5 Å². The van der Waals surface area contributed by atoms with E-state index in [9.17, 15) is 9.65 Å². The fourth-order valence-electron chi connectivity index (χ4n) is 3.87. The zero-order valence-electron chi connectivity index (χ0n) is 17.0. The molecule has 158 valence electrons. The van der Waals surface area contributed by atoms with Gasteiger partial charge in [-0.05, 0) is 44.0 Å². The fourth-order valence-corrected chi connectivity index (χ4v) is 3.87. The van der Waals surface area contributed by atoms with E-state index in [2.05, 4.69) is 16.2 Å². The number of rotatable bonds is 0. The first-order valence-corrected chi connectivity index (χ1v) is 9.97. The topological polar surface area (TPSA) is 108 Å². The number of ether oxygens (including phenoxy) is 3. The summed E-state index contributed by atoms with van der Waals surface area (Å²) >= 11 is 0. The molecule has 0 radical (unpaired) electrons. The van der Waals surface area contributed by atoms with E-state index in [0.717, 1.165) is 12.8 Å². The summed E-state index contributed by atoms with van der Waals surface area (Å²) in [5, 5.41) is 14.1. The van der Waals surface area contributed by atoms with Crippen molar-refractivity contribution in [3.63, 3.8) is 0 Å². The first kappa shape index (κ1) is 19.2. The van der Waals surface area contributed by atoms with E-state index in [4.69, 9.17) is 19.9 Å². The zero-order chi connectivity index (χ0) is 21.7. The van der Waals surface area contributed by atoms with Crippen LogP contribution in [-0.2, 0) is 7.05 Å². The van der Waals surface area contributed by atoms with Gasteiger partial charge in [0, 0.05) is 24.4 Å². The summed E-state index contributed by atoms with van der Waals surface area (Å²) in [5.41, 5.74) is 8.05. The fraction of sp³-hybridized carbons (Fsp3) is 0.318. The van der Waals surface area contributed by atoms with Crippen LogP contribution in [-0.4, -0.2) is 27.0 Å². The summed E-state index contributed by atoms with van der Waals surface area (Å²) in [7, 11) is 1.68. The van der Waals surface area contributed by atoms with Gasteiger partial charge in [0.25, 0.3) is 0 Å². The van der Waals surface area contributed by atoms with Crippen molar-refractivity contribution >= 4 is 5.82 Å². The minimum atomic E-state index is -0.561. The largest absolute Gasteiger partial charge is 0.486 e. The van der Waals surface area contributed by atoms with Crippen molar-refractivity contribution in [1.29, 1.82) is 5.26 Å². The smallest absolute Gasteiger partial charge is 0.242 e. The Morgan fingerprint density at radius 2 is 1.94 bits per heavy atom. The summed E-state index contributed by atoms with van der Waals surface area (Å²) in [4.78, 5) is 4.24. The monoisotopic (exact) mass is 421 g/mol. The molecule has 9 heteroatoms. The normalized spacial score (nSPS) is 21.7. The molecule has 2 aromatic heterocycles. The second kappa shape index (κ2) is 7.16. The SMILES string of the molecule is C[C@H]1Oc2cc(cnc2N)-c2c(nn(C)c2C#N)OC2CCC2Oc2ccc(F)cc21. The molecule has 2 bridgehead atoms. The van der Waals surface area contributed by atoms with Crippen LogP contribution in [0.3, 0.4) is 0 Å². The van der Waals surface area contributed by atoms with E-state index in [0.29, 0.717) is 39.8 Å². The number of nitriles is 1. The molecule has 0 spiro atoms. The highest BCUT2D eigenvalue weighted by molar-refractivity contribution is 5.76. The molecule has 1 aliphatic carbocycles. The molecule has 8 nitrogen and oxygen atoms in total. The Morgan fingerprint density at radius 1 is 1.16 bits per heavy atom. The number of aryl methyl sites for hydroxylation is 1. The van der Waals surface area contributed by atoms with Crippen LogP contribution in [0, 0.1) is 17.1 Å². The van der Waals surface area contributed by atoms with Crippen molar-refractivity contribution < 1.29 is 18.6 Å². The number of nitrogens with zero attached hydrogens (tertiary/aromatic N) is 4. The van der Waals surface area contributed by atoms with Crippen molar-refractivity contribution in [1.82, 2.24) is 14.8 Å². The number of anilines is 1. The van der Waals surface area contributed by atoms with Crippen molar-refractivity contribution in [2.24, 2.45) is 7.05 Å². The molecule has 0 saturated heterocycles. The lowest BCUT2D eigenvalue weighted by Crippen LogP contribution is -2.45. The van der Waals surface area contributed by atoms with Crippen molar-refractivity contribution in [2.45, 2.75) is 38.1 Å². The first-order chi connectivity index (χ1) is 14.9. The summed E-state index contributed by atoms with van der Waals surface area (Å²) < 4.78 is 33.9. The summed E-state index contributed by atoms with van der Waals surface area (Å²) in [6.45, 7) is 1.79. The lowest BCUT2D eigenvalue weighted by Gasteiger charge is -2.36. The molecule has 2 N–H and O–H groups in total. The van der Waals surface area contributed by atoms with Crippen LogP contribution in [0.2, 0.25) is 0 Å². The number of nitrogen functional groups attached to an aromatic ring is 1. The Morgan fingerprint density at radius 3 is 2.68 bits per heavy atom. The van der Waals surface area contributed by atoms with Crippen molar-refractivity contribution in [3.8, 4) is 34.6 Å². The lowest BCUT2D eigenvalue weighted by molar-refractivity contribution is -0.0231. The third-order valence-electron chi connectivity index (χ3n) is 5.70. The lowest BCUT2D eigenvalue weighted by atomic mass is 9.91. The number of benzene rings is 1. The van der Waals surface area contributed by atoms with E-state index in [1.165, 1.54) is 16.8 Å². The van der Waals surface area contributed by atoms with Gasteiger partial charge in [-0.3, -0.25) is 4.68 Å². The molecule has 1 aliphatic heterocycles. The van der Waals surface area contributed by atoms with E-state index in [1.54, 1.807) is 32.3 Å². The van der Waals surface area contributed by atoms with Gasteiger partial charge in [-0.1, -0.05) is 0 Å². The van der Waals surface area contributed by atoms with Crippen LogP contribution < -0.4 is 19.9 Å². The highest BCUT2D eigenvalue weighted by Crippen LogP contribution is 2.41. The van der Waals surface area contributed by atoms with Gasteiger partial charge in [-0.2, -0.15) is 5.26 Å². The third-order valence-corrected chi connectivity index (χ3v) is 5.70. The Balaban J connectivity index is 1.69. The molecule has 2 unspecified atom stereocenters. The highest BCUT2D eigenvalue weighted by Gasteiger charge is 2.38. The molecule has 3 aromatic rings. The van der Waals surface area contributed by atoms with Gasteiger partial charge >= 0.3 is 0 Å². The number of nitrogens with two attached hydrogens (primary N) is 1. The molecule has 2 aliphatic rings. The average molecular weight is 421 g/mol. The zero-order valence-corrected chi connectivity index (χ0v) is 17.0. The average Bonchev–Trinajstić information content (AvgIpc) is 3.06. The number of aromatic nitrogens is 3. The van der Waals surface area contributed by atoms with E-state index in [1.807, 2.05) is 0 Å². The van der Waals surface area contributed by atoms with Gasteiger partial charge in [-0.25, -0.2) is 9.37 Å². The molecular weight excluding hydrogens is 401 g/mol. The van der Waals surface area contributed by atoms with Gasteiger partial charge < -0.3 is 19.9 Å². The second-order valence-corrected chi connectivity index (χ2v) is 7.70. The minimum absolute atomic E-state index is 0.175. The highest BCUT2D eigenvalue weighted by atomic mass is 19.1. The Bertz CT molecular complexity index is 1220. The van der Waals surface area contributed by atoms with Gasteiger partial charge in [0.05, 0.1) is 5.56 Å². The number of pyridine rings is 1. The summed E-state index contributed by atoms with van der Waals surface area (Å²) in [6.07, 6.45) is 2.07. The van der Waals surface area contributed by atoms with Crippen LogP contribution in [0.4, 0.5) is 10.2 Å². The number of hydrogen-bond donors (Lipinski definition) is 1. The summed E-state index contributed by atoms with van der Waals surface area (Å²) in [6, 6.07) is 8.21. The van der Waals surface area contributed by atoms with E-state index < -0.39 is 6.10 Å². The Labute approximate surface area is 178 Å². The molecule has 3 atom stereocenters. The molecule has 1 fully saturated rings. The number of halogens is 1. The predicted molar refractivity (Wildman–Crippen MR) is 109 cm³/mol. The maximum Gasteiger partial charge on any atom is 0.242 e. The van der Waals surface area contributed by atoms with Crippen LogP contribution in [0.1, 0.15) is 37.1 Å². The van der Waals surface area contributed by atoms with Crippen LogP contribution in [0.25, 0.3) is 11.1 Å². The molecule has 5 rings (SSSR count). The van der Waals surface area contributed by atoms with Gasteiger partial charge in [0.15, 0.2) is 11.6 Å². The predicted octanol–water partition coefficient (Wildman–Crippen LogP) is 3.52. The maximum atomic E-state index is 14.0. The molecular formula is C22H20FN5O3. The van der Waals surface area contributed by atoms with E-state index >= 15 is 0 Å². The molecule has 31 heavy (non-hydrogen) atoms. The standard InChI is InChI=1S/C22H20FN5O3/c1-11-14-8-13(23)3-4-16(14)30-17-5-6-18(17)31-22-20(15(9-24)28(2)27-22)12-7-19(29-11)21(25)26-10-12/h3-4,7-8,10-11,17-18H,5-6H2,1-2H3,(H2,25,26)/t11-,17?,18?/m1/s1. The number of hydrogen-bond acceptors (Lipinski definition) is 7. The van der Waals surface area contributed by atoms with E-state index in [-0.39, 0.29) is 23.8 Å². The van der Waals surface area contributed by atoms with Gasteiger partial charge in [-0.15, -0.1) is 5.10 Å². The molecule has 3 heterocycles. The third kappa shape index (κ3) is 3.20. The van der Waals surface area contributed by atoms with Crippen LogP contribution in [0.5, 0.6) is 17.4 Å². The maximum absolute atomic E-state index is 14.0. The quantitative estimate of drug-likeness (QED) is 0.592. The molecule has 1 saturated carbocycles. The van der Waals surface area contributed by atoms with Crippen molar-refractivity contribution in [3.05, 3.63) is 47.5 Å². The first-order valence-electron chi connectivity index (χ1n) is 9.97. The molecule has 1 aromatic carbocycles. The number of fused-ring (bicyclic) bond motifs is 6. The summed E-state index contributed by atoms with van der Waals surface area (Å²) in [5.74, 6) is 0.934. The Hall–Kier alpha value is -3.80. The minimum Gasteiger partial charge on any atom is -0.486 e. The second-order valence-electron chi connectivity index (χ2n) is 7.70. The Kier molecular flexibility index (Phi) is 4.43. The van der Waals surface area contributed by atoms with Crippen LogP contribution >= 0.6 is 0 Å². The molecule has 0 amide bonds. The van der Waals surface area contributed by atoms with Gasteiger partial charge in [0.2, 0.25) is 5.88 Å². The van der Waals surface area contributed by atoms with Gasteiger partial charge in [0.1, 0.15) is 41.6 Å².